The van der Waals surface area contributed by atoms with Crippen molar-refractivity contribution >= 4 is 28.2 Å². The van der Waals surface area contributed by atoms with Crippen molar-refractivity contribution in [2.75, 3.05) is 0 Å². The van der Waals surface area contributed by atoms with Gasteiger partial charge in [0.2, 0.25) is 0 Å². The zero-order chi connectivity index (χ0) is 31.4. The summed E-state index contributed by atoms with van der Waals surface area (Å²) < 4.78 is 0. The Morgan fingerprint density at radius 2 is 1.61 bits per heavy atom. The van der Waals surface area contributed by atoms with Crippen LogP contribution in [-0.2, 0) is 31.3 Å². The molecule has 44 heavy (non-hydrogen) atoms. The molecule has 5 rings (SSSR count). The number of carbonyl (C=O) groups is 1. The molecule has 3 nitrogen and oxygen atoms in total. The van der Waals surface area contributed by atoms with Gasteiger partial charge in [-0.1, -0.05) is 105 Å². The van der Waals surface area contributed by atoms with Crippen molar-refractivity contribution in [3.63, 3.8) is 0 Å². The van der Waals surface area contributed by atoms with Gasteiger partial charge in [0.25, 0.3) is 0 Å². The Bertz CT molecular complexity index is 1500. The molecule has 0 bridgehead atoms. The zero-order valence-corrected chi connectivity index (χ0v) is 30.6. The van der Waals surface area contributed by atoms with Gasteiger partial charge in [0, 0.05) is 54.3 Å². The molecule has 1 fully saturated rings. The van der Waals surface area contributed by atoms with Gasteiger partial charge >= 0.3 is 0 Å². The van der Waals surface area contributed by atoms with Gasteiger partial charge in [-0.2, -0.15) is 0 Å². The smallest absolute Gasteiger partial charge is 0.164 e. The molecule has 2 aliphatic carbocycles. The van der Waals surface area contributed by atoms with E-state index >= 15 is 0 Å². The van der Waals surface area contributed by atoms with Crippen molar-refractivity contribution in [1.29, 1.82) is 0 Å². The molecule has 4 heteroatoms. The molecule has 0 spiro atoms. The number of allylic oxidation sites excluding steroid dienone is 2. The van der Waals surface area contributed by atoms with Crippen LogP contribution >= 0.6 is 0 Å². The number of nitrogens with zero attached hydrogens (tertiary/aromatic N) is 1. The summed E-state index contributed by atoms with van der Waals surface area (Å²) in [6.07, 6.45) is 15.9. The zero-order valence-electron chi connectivity index (χ0n) is 28.2. The van der Waals surface area contributed by atoms with Crippen LogP contribution in [0, 0.1) is 36.7 Å². The van der Waals surface area contributed by atoms with Crippen LogP contribution in [-0.4, -0.2) is 15.9 Å². The molecule has 2 aromatic carbocycles. The molecule has 2 aliphatic rings. The first kappa shape index (κ1) is 35.9. The first-order valence-electron chi connectivity index (χ1n) is 16.6. The van der Waals surface area contributed by atoms with Crippen molar-refractivity contribution in [1.82, 2.24) is 4.98 Å². The van der Waals surface area contributed by atoms with Crippen LogP contribution in [0.3, 0.4) is 0 Å². The summed E-state index contributed by atoms with van der Waals surface area (Å²) in [4.78, 5) is 16.9. The topological polar surface area (TPSA) is 50.2 Å². The third-order valence-electron chi connectivity index (χ3n) is 10.5. The van der Waals surface area contributed by atoms with E-state index in [2.05, 4.69) is 56.3 Å². The number of aliphatic hydroxyl groups is 1. The molecule has 0 aliphatic heterocycles. The van der Waals surface area contributed by atoms with Crippen LogP contribution in [0.25, 0.3) is 22.4 Å². The van der Waals surface area contributed by atoms with Crippen LogP contribution in [0.15, 0.2) is 48.4 Å². The Morgan fingerprint density at radius 3 is 2.20 bits per heavy atom. The van der Waals surface area contributed by atoms with E-state index in [1.54, 1.807) is 0 Å². The Kier molecular flexibility index (Phi) is 12.4. The minimum Gasteiger partial charge on any atom is -0.512 e. The summed E-state index contributed by atoms with van der Waals surface area (Å²) in [5, 5.41) is 12.8. The van der Waals surface area contributed by atoms with E-state index in [4.69, 9.17) is 4.98 Å². The average Bonchev–Trinajstić information content (AvgIpc) is 3.65. The summed E-state index contributed by atoms with van der Waals surface area (Å²) in [5.41, 5.74) is 8.18. The molecule has 1 N–H and O–H groups in total. The van der Waals surface area contributed by atoms with E-state index in [-0.39, 0.29) is 42.5 Å². The first-order chi connectivity index (χ1) is 20.5. The molecule has 1 aromatic heterocycles. The van der Waals surface area contributed by atoms with Crippen molar-refractivity contribution in [3.05, 3.63) is 87.9 Å². The SMILES string of the molecule is CCC(C)(CC)C(=O)/C=C(\O)C(C)(CC)CC.Cc1[c-]c(C2=Cc3cc(CC4CCCC4)cc4ccnc2c34)cc(C)c1.[Ir]. The number of pyridine rings is 1. The minimum absolute atomic E-state index is 0. The maximum absolute atomic E-state index is 12.2. The third kappa shape index (κ3) is 7.80. The summed E-state index contributed by atoms with van der Waals surface area (Å²) in [6.45, 7) is 16.4. The summed E-state index contributed by atoms with van der Waals surface area (Å²) >= 11 is 0. The number of hydrogen-bond acceptors (Lipinski definition) is 3. The van der Waals surface area contributed by atoms with Crippen molar-refractivity contribution in [3.8, 4) is 0 Å². The molecule has 0 amide bonds. The fourth-order valence-corrected chi connectivity index (χ4v) is 6.55. The molecule has 1 heterocycles. The van der Waals surface area contributed by atoms with Crippen LogP contribution < -0.4 is 0 Å². The van der Waals surface area contributed by atoms with E-state index in [9.17, 15) is 9.90 Å². The Balaban J connectivity index is 0.000000260. The molecule has 1 radical (unpaired) electrons. The number of aliphatic hydroxyl groups excluding tert-OH is 1. The number of aryl methyl sites for hydroxylation is 2. The fourth-order valence-electron chi connectivity index (χ4n) is 6.55. The molecule has 3 aromatic rings. The van der Waals surface area contributed by atoms with Crippen molar-refractivity contribution in [2.24, 2.45) is 16.7 Å². The monoisotopic (exact) mass is 771 g/mol. The molecule has 0 atom stereocenters. The minimum atomic E-state index is -0.337. The largest absolute Gasteiger partial charge is 0.512 e. The second-order valence-electron chi connectivity index (χ2n) is 13.5. The maximum atomic E-state index is 12.2. The molecule has 0 saturated heterocycles. The maximum Gasteiger partial charge on any atom is 0.164 e. The predicted molar refractivity (Wildman–Crippen MR) is 182 cm³/mol. The van der Waals surface area contributed by atoms with Gasteiger partial charge < -0.3 is 5.11 Å². The van der Waals surface area contributed by atoms with Gasteiger partial charge in [-0.25, -0.2) is 0 Å². The number of benzene rings is 2. The van der Waals surface area contributed by atoms with E-state index in [1.165, 1.54) is 76.8 Å². The standard InChI is InChI=1S/C25H24N.C15H28O2.Ir/c1-16-9-17(2)11-21(10-16)23-15-22-14-19(12-18-5-3-4-6-18)13-20-7-8-26-25(23)24(20)22;1-7-14(5,8-2)12(16)11-13(17)15(6,9-3)10-4;/h7-10,13-15,18H,3-6,12H2,1-2H3;11,16H,7-10H2,1-6H3;/q-1;;/b;12-11-;. The quantitative estimate of drug-likeness (QED) is 0.0993. The number of ketones is 1. The Hall–Kier alpha value is -2.55. The number of rotatable bonds is 10. The average molecular weight is 771 g/mol. The second kappa shape index (κ2) is 15.2. The van der Waals surface area contributed by atoms with Gasteiger partial charge in [-0.15, -0.1) is 34.9 Å². The Morgan fingerprint density at radius 1 is 0.977 bits per heavy atom. The Labute approximate surface area is 280 Å². The fraction of sp³-hybridized carbons (Fsp3) is 0.500. The molecular formula is C40H52IrNO2-. The van der Waals surface area contributed by atoms with Crippen LogP contribution in [0.4, 0.5) is 0 Å². The molecular weight excluding hydrogens is 719 g/mol. The van der Waals surface area contributed by atoms with Gasteiger partial charge in [-0.3, -0.25) is 9.78 Å². The van der Waals surface area contributed by atoms with E-state index in [1.807, 2.05) is 47.7 Å². The number of hydrogen-bond donors (Lipinski definition) is 1. The predicted octanol–water partition coefficient (Wildman–Crippen LogP) is 10.9. The van der Waals surface area contributed by atoms with Crippen molar-refractivity contribution < 1.29 is 30.0 Å². The van der Waals surface area contributed by atoms with E-state index in [0.717, 1.165) is 42.9 Å². The van der Waals surface area contributed by atoms with Gasteiger partial charge in [0.05, 0.1) is 0 Å². The first-order valence-corrected chi connectivity index (χ1v) is 16.6. The molecule has 1 saturated carbocycles. The summed E-state index contributed by atoms with van der Waals surface area (Å²) in [7, 11) is 0. The number of aromatic nitrogens is 1. The van der Waals surface area contributed by atoms with Crippen LogP contribution in [0.2, 0.25) is 0 Å². The van der Waals surface area contributed by atoms with Gasteiger partial charge in [0.15, 0.2) is 5.78 Å². The summed E-state index contributed by atoms with van der Waals surface area (Å²) in [6, 6.07) is 14.9. The van der Waals surface area contributed by atoms with Gasteiger partial charge in [0.1, 0.15) is 5.76 Å². The second-order valence-corrected chi connectivity index (χ2v) is 13.5. The van der Waals surface area contributed by atoms with E-state index < -0.39 is 0 Å². The van der Waals surface area contributed by atoms with E-state index in [0.29, 0.717) is 0 Å². The number of carbonyl (C=O) groups excluding carboxylic acids is 1. The van der Waals surface area contributed by atoms with Crippen molar-refractivity contribution in [2.45, 2.75) is 113 Å². The van der Waals surface area contributed by atoms with Crippen LogP contribution in [0.5, 0.6) is 0 Å². The molecule has 239 valence electrons. The van der Waals surface area contributed by atoms with Crippen LogP contribution in [0.1, 0.15) is 126 Å². The van der Waals surface area contributed by atoms with Gasteiger partial charge in [-0.05, 0) is 60.6 Å². The third-order valence-corrected chi connectivity index (χ3v) is 10.5. The summed E-state index contributed by atoms with van der Waals surface area (Å²) in [5.74, 6) is 1.16. The normalized spacial score (nSPS) is 15.1. The molecule has 0 unspecified atom stereocenters.